The second-order valence-corrected chi connectivity index (χ2v) is 4.35. The summed E-state index contributed by atoms with van der Waals surface area (Å²) in [4.78, 5) is 13.9. The van der Waals surface area contributed by atoms with E-state index in [0.29, 0.717) is 5.92 Å². The van der Waals surface area contributed by atoms with E-state index < -0.39 is 0 Å². The molecule has 0 saturated carbocycles. The summed E-state index contributed by atoms with van der Waals surface area (Å²) in [7, 11) is 1.86. The third kappa shape index (κ3) is 4.06. The van der Waals surface area contributed by atoms with Crippen molar-refractivity contribution in [2.45, 2.75) is 19.8 Å². The molecule has 2 heteroatoms. The molecule has 1 rings (SSSR count). The molecule has 0 unspecified atom stereocenters. The predicted molar refractivity (Wildman–Crippen MR) is 72.0 cm³/mol. The Morgan fingerprint density at radius 3 is 2.59 bits per heavy atom. The Labute approximate surface area is 104 Å². The van der Waals surface area contributed by atoms with Crippen LogP contribution in [0.3, 0.4) is 0 Å². The minimum atomic E-state index is 0.0908. The Hall–Kier alpha value is -1.57. The molecule has 1 aromatic rings. The first-order valence-corrected chi connectivity index (χ1v) is 6.10. The zero-order valence-electron chi connectivity index (χ0n) is 10.7. The number of benzene rings is 1. The molecular weight excluding hydrogens is 210 g/mol. The summed E-state index contributed by atoms with van der Waals surface area (Å²) in [6, 6.07) is 9.41. The van der Waals surface area contributed by atoms with E-state index in [1.54, 1.807) is 4.90 Å². The van der Waals surface area contributed by atoms with Crippen molar-refractivity contribution in [1.82, 2.24) is 4.90 Å². The van der Waals surface area contributed by atoms with Crippen LogP contribution in [0.4, 0.5) is 0 Å². The van der Waals surface area contributed by atoms with Crippen LogP contribution in [0.25, 0.3) is 0 Å². The molecule has 0 N–H and O–H groups in total. The maximum atomic E-state index is 12.1. The molecule has 0 fully saturated rings. The summed E-state index contributed by atoms with van der Waals surface area (Å²) in [5.74, 6) is 0.596. The summed E-state index contributed by atoms with van der Waals surface area (Å²) in [5.41, 5.74) is 0.753. The maximum Gasteiger partial charge on any atom is 0.253 e. The van der Waals surface area contributed by atoms with Gasteiger partial charge in [-0.15, -0.1) is 6.58 Å². The van der Waals surface area contributed by atoms with E-state index in [4.69, 9.17) is 0 Å². The van der Waals surface area contributed by atoms with Gasteiger partial charge in [0.05, 0.1) is 0 Å². The number of amides is 1. The number of carbonyl (C=O) groups excluding carboxylic acids is 1. The van der Waals surface area contributed by atoms with Crippen LogP contribution in [-0.2, 0) is 0 Å². The fourth-order valence-electron chi connectivity index (χ4n) is 1.88. The second-order valence-electron chi connectivity index (χ2n) is 4.35. The van der Waals surface area contributed by atoms with Crippen LogP contribution in [-0.4, -0.2) is 24.4 Å². The maximum absolute atomic E-state index is 12.1. The zero-order valence-corrected chi connectivity index (χ0v) is 10.7. The number of hydrogen-bond donors (Lipinski definition) is 0. The van der Waals surface area contributed by atoms with Gasteiger partial charge in [-0.05, 0) is 24.5 Å². The van der Waals surface area contributed by atoms with E-state index in [0.717, 1.165) is 24.9 Å². The molecule has 0 aliphatic rings. The van der Waals surface area contributed by atoms with Crippen molar-refractivity contribution in [1.29, 1.82) is 0 Å². The van der Waals surface area contributed by atoms with Gasteiger partial charge in [0.2, 0.25) is 0 Å². The standard InChI is InChI=1S/C15H21NO/c1-4-9-13(5-2)12-16(3)15(17)14-10-7-6-8-11-14/h4,6-8,10-11,13H,1,5,9,12H2,2-3H3/t13-/m0/s1. The zero-order chi connectivity index (χ0) is 12.7. The van der Waals surface area contributed by atoms with Crippen molar-refractivity contribution in [2.24, 2.45) is 5.92 Å². The topological polar surface area (TPSA) is 20.3 Å². The third-order valence-electron chi connectivity index (χ3n) is 2.98. The lowest BCUT2D eigenvalue weighted by Crippen LogP contribution is -2.31. The third-order valence-corrected chi connectivity index (χ3v) is 2.98. The van der Waals surface area contributed by atoms with Crippen LogP contribution in [0, 0.1) is 5.92 Å². The molecule has 0 saturated heterocycles. The Kier molecular flexibility index (Phi) is 5.47. The van der Waals surface area contributed by atoms with Crippen molar-refractivity contribution >= 4 is 5.91 Å². The van der Waals surface area contributed by atoms with Crippen LogP contribution in [0.5, 0.6) is 0 Å². The van der Waals surface area contributed by atoms with Gasteiger partial charge in [-0.25, -0.2) is 0 Å². The average molecular weight is 231 g/mol. The van der Waals surface area contributed by atoms with Gasteiger partial charge in [-0.2, -0.15) is 0 Å². The molecule has 2 nitrogen and oxygen atoms in total. The average Bonchev–Trinajstić information content (AvgIpc) is 2.38. The highest BCUT2D eigenvalue weighted by molar-refractivity contribution is 5.93. The van der Waals surface area contributed by atoms with Gasteiger partial charge in [0, 0.05) is 19.2 Å². The summed E-state index contributed by atoms with van der Waals surface area (Å²) in [6.45, 7) is 6.69. The van der Waals surface area contributed by atoms with Gasteiger partial charge in [-0.3, -0.25) is 4.79 Å². The highest BCUT2D eigenvalue weighted by atomic mass is 16.2. The number of carbonyl (C=O) groups is 1. The number of nitrogens with zero attached hydrogens (tertiary/aromatic N) is 1. The van der Waals surface area contributed by atoms with E-state index >= 15 is 0 Å². The van der Waals surface area contributed by atoms with Crippen molar-refractivity contribution in [3.05, 3.63) is 48.6 Å². The number of hydrogen-bond acceptors (Lipinski definition) is 1. The van der Waals surface area contributed by atoms with E-state index in [9.17, 15) is 4.79 Å². The minimum Gasteiger partial charge on any atom is -0.341 e. The van der Waals surface area contributed by atoms with Crippen LogP contribution < -0.4 is 0 Å². The quantitative estimate of drug-likeness (QED) is 0.687. The Balaban J connectivity index is 2.61. The summed E-state index contributed by atoms with van der Waals surface area (Å²) in [5, 5.41) is 0. The van der Waals surface area contributed by atoms with Crippen molar-refractivity contribution in [2.75, 3.05) is 13.6 Å². The lowest BCUT2D eigenvalue weighted by Gasteiger charge is -2.22. The molecule has 0 bridgehead atoms. The first kappa shape index (κ1) is 13.5. The van der Waals surface area contributed by atoms with Gasteiger partial charge in [-0.1, -0.05) is 37.6 Å². The van der Waals surface area contributed by atoms with Gasteiger partial charge in [0.15, 0.2) is 0 Å². The minimum absolute atomic E-state index is 0.0908. The molecular formula is C15H21NO. The van der Waals surface area contributed by atoms with Crippen molar-refractivity contribution < 1.29 is 4.79 Å². The van der Waals surface area contributed by atoms with Crippen LogP contribution >= 0.6 is 0 Å². The van der Waals surface area contributed by atoms with Crippen LogP contribution in [0.2, 0.25) is 0 Å². The summed E-state index contributed by atoms with van der Waals surface area (Å²) in [6.07, 6.45) is 3.95. The van der Waals surface area contributed by atoms with E-state index in [2.05, 4.69) is 13.5 Å². The van der Waals surface area contributed by atoms with Crippen molar-refractivity contribution in [3.63, 3.8) is 0 Å². The number of rotatable bonds is 6. The fourth-order valence-corrected chi connectivity index (χ4v) is 1.88. The lowest BCUT2D eigenvalue weighted by atomic mass is 10.0. The molecule has 0 aliphatic carbocycles. The van der Waals surface area contributed by atoms with E-state index in [1.165, 1.54) is 0 Å². The van der Waals surface area contributed by atoms with Gasteiger partial charge in [0.1, 0.15) is 0 Å². The monoisotopic (exact) mass is 231 g/mol. The van der Waals surface area contributed by atoms with Gasteiger partial charge in [0.25, 0.3) is 5.91 Å². The molecule has 0 aliphatic heterocycles. The normalized spacial score (nSPS) is 11.9. The molecule has 0 heterocycles. The van der Waals surface area contributed by atoms with E-state index in [1.807, 2.05) is 43.5 Å². The fraction of sp³-hybridized carbons (Fsp3) is 0.400. The first-order valence-electron chi connectivity index (χ1n) is 6.10. The smallest absolute Gasteiger partial charge is 0.253 e. The van der Waals surface area contributed by atoms with Crippen LogP contribution in [0.15, 0.2) is 43.0 Å². The lowest BCUT2D eigenvalue weighted by molar-refractivity contribution is 0.0771. The Morgan fingerprint density at radius 2 is 2.06 bits per heavy atom. The Morgan fingerprint density at radius 1 is 1.41 bits per heavy atom. The number of allylic oxidation sites excluding steroid dienone is 1. The second kappa shape index (κ2) is 6.89. The summed E-state index contributed by atoms with van der Waals surface area (Å²) < 4.78 is 0. The van der Waals surface area contributed by atoms with E-state index in [-0.39, 0.29) is 5.91 Å². The molecule has 92 valence electrons. The molecule has 0 spiro atoms. The van der Waals surface area contributed by atoms with Crippen LogP contribution in [0.1, 0.15) is 30.1 Å². The van der Waals surface area contributed by atoms with Crippen molar-refractivity contribution in [3.8, 4) is 0 Å². The van der Waals surface area contributed by atoms with Gasteiger partial charge >= 0.3 is 0 Å². The molecule has 0 radical (unpaired) electrons. The molecule has 1 amide bonds. The molecule has 1 aromatic carbocycles. The highest BCUT2D eigenvalue weighted by Gasteiger charge is 2.14. The predicted octanol–water partition coefficient (Wildman–Crippen LogP) is 3.36. The largest absolute Gasteiger partial charge is 0.341 e. The molecule has 17 heavy (non-hydrogen) atoms. The SMILES string of the molecule is C=CC[C@H](CC)CN(C)C(=O)c1ccccc1. The molecule has 0 aromatic heterocycles. The highest BCUT2D eigenvalue weighted by Crippen LogP contribution is 2.12. The Bertz CT molecular complexity index is 358. The summed E-state index contributed by atoms with van der Waals surface area (Å²) >= 11 is 0. The van der Waals surface area contributed by atoms with Gasteiger partial charge < -0.3 is 4.90 Å². The molecule has 1 atom stereocenters. The first-order chi connectivity index (χ1) is 8.19.